The number of hydrogen-bond acceptors (Lipinski definition) is 6. The summed E-state index contributed by atoms with van der Waals surface area (Å²) in [6.07, 6.45) is 1.45. The van der Waals surface area contributed by atoms with E-state index in [1.165, 1.54) is 24.3 Å². The highest BCUT2D eigenvalue weighted by molar-refractivity contribution is 6.52. The summed E-state index contributed by atoms with van der Waals surface area (Å²) in [6, 6.07) is 14.2. The van der Waals surface area contributed by atoms with E-state index in [0.717, 1.165) is 5.69 Å². The number of anilines is 2. The minimum absolute atomic E-state index is 0.114. The maximum Gasteiger partial charge on any atom is 0.300 e. The monoisotopic (exact) mass is 452 g/mol. The van der Waals surface area contributed by atoms with Gasteiger partial charge in [0.05, 0.1) is 24.0 Å². The number of benzene rings is 2. The normalized spacial score (nSPS) is 17.6. The van der Waals surface area contributed by atoms with Crippen LogP contribution in [0.15, 0.2) is 70.9 Å². The molecular formula is C24H21ClN2O5. The quantitative estimate of drug-likeness (QED) is 0.345. The Balaban J connectivity index is 1.90. The van der Waals surface area contributed by atoms with Crippen molar-refractivity contribution in [2.75, 3.05) is 31.0 Å². The van der Waals surface area contributed by atoms with E-state index in [0.29, 0.717) is 17.2 Å². The molecule has 1 saturated heterocycles. The molecule has 1 aliphatic heterocycles. The summed E-state index contributed by atoms with van der Waals surface area (Å²) in [5.41, 5.74) is 1.50. The number of aliphatic hydroxyl groups excluding tert-OH is 1. The van der Waals surface area contributed by atoms with Crippen LogP contribution >= 0.6 is 11.6 Å². The van der Waals surface area contributed by atoms with Crippen molar-refractivity contribution in [2.24, 2.45) is 0 Å². The second-order valence-electron chi connectivity index (χ2n) is 7.44. The van der Waals surface area contributed by atoms with Crippen molar-refractivity contribution in [3.8, 4) is 5.75 Å². The first-order valence-corrected chi connectivity index (χ1v) is 10.2. The smallest absolute Gasteiger partial charge is 0.300 e. The highest BCUT2D eigenvalue weighted by atomic mass is 35.5. The summed E-state index contributed by atoms with van der Waals surface area (Å²) in [5.74, 6) is -1.23. The predicted molar refractivity (Wildman–Crippen MR) is 122 cm³/mol. The Kier molecular flexibility index (Phi) is 5.67. The number of amides is 1. The molecule has 32 heavy (non-hydrogen) atoms. The van der Waals surface area contributed by atoms with Gasteiger partial charge in [0, 0.05) is 31.0 Å². The number of halogens is 1. The Bertz CT molecular complexity index is 1200. The molecule has 1 atom stereocenters. The first-order chi connectivity index (χ1) is 15.3. The number of aliphatic hydroxyl groups is 1. The summed E-state index contributed by atoms with van der Waals surface area (Å²) in [5, 5.41) is 11.4. The van der Waals surface area contributed by atoms with Crippen molar-refractivity contribution in [1.29, 1.82) is 0 Å². The first kappa shape index (κ1) is 21.5. The minimum Gasteiger partial charge on any atom is -0.507 e. The molecule has 7 nitrogen and oxygen atoms in total. The molecule has 1 unspecified atom stereocenters. The molecule has 2 aromatic carbocycles. The Morgan fingerprint density at radius 2 is 1.84 bits per heavy atom. The lowest BCUT2D eigenvalue weighted by Gasteiger charge is -2.24. The van der Waals surface area contributed by atoms with Gasteiger partial charge in [-0.1, -0.05) is 11.6 Å². The van der Waals surface area contributed by atoms with Crippen LogP contribution in [0, 0.1) is 0 Å². The Hall–Kier alpha value is -3.71. The summed E-state index contributed by atoms with van der Waals surface area (Å²) in [7, 11) is 5.29. The van der Waals surface area contributed by atoms with Crippen LogP contribution in [0.25, 0.3) is 5.76 Å². The van der Waals surface area contributed by atoms with Crippen molar-refractivity contribution in [3.05, 3.63) is 82.8 Å². The van der Waals surface area contributed by atoms with E-state index < -0.39 is 23.5 Å². The molecule has 0 aliphatic carbocycles. The van der Waals surface area contributed by atoms with Crippen LogP contribution in [-0.2, 0) is 9.59 Å². The maximum absolute atomic E-state index is 13.1. The SMILES string of the molecule is COc1ccc(Cl)c(/C(O)=C2/C(=O)C(=O)N(c3ccc(N(C)C)cc3)C2c2ccco2)c1. The number of methoxy groups -OCH3 is 1. The molecule has 4 rings (SSSR count). The number of hydrogen-bond donors (Lipinski definition) is 1. The molecule has 0 saturated carbocycles. The summed E-state index contributed by atoms with van der Waals surface area (Å²) < 4.78 is 10.8. The van der Waals surface area contributed by atoms with Crippen LogP contribution in [0.2, 0.25) is 5.02 Å². The van der Waals surface area contributed by atoms with Crippen LogP contribution in [0.4, 0.5) is 11.4 Å². The third-order valence-corrected chi connectivity index (χ3v) is 5.66. The fourth-order valence-corrected chi connectivity index (χ4v) is 3.89. The lowest BCUT2D eigenvalue weighted by Crippen LogP contribution is -2.29. The first-order valence-electron chi connectivity index (χ1n) is 9.79. The number of carbonyl (C=O) groups is 2. The van der Waals surface area contributed by atoms with Crippen molar-refractivity contribution in [3.63, 3.8) is 0 Å². The van der Waals surface area contributed by atoms with Gasteiger partial charge in [-0.05, 0) is 54.6 Å². The number of ketones is 1. The van der Waals surface area contributed by atoms with Crippen molar-refractivity contribution >= 4 is 40.4 Å². The number of Topliss-reactive ketones (excluding diaryl/α,β-unsaturated/α-hetero) is 1. The molecule has 8 heteroatoms. The van der Waals surface area contributed by atoms with Gasteiger partial charge in [0.1, 0.15) is 23.3 Å². The summed E-state index contributed by atoms with van der Waals surface area (Å²) >= 11 is 6.30. The summed E-state index contributed by atoms with van der Waals surface area (Å²) in [6.45, 7) is 0. The Morgan fingerprint density at radius 1 is 1.12 bits per heavy atom. The Labute approximate surface area is 190 Å². The van der Waals surface area contributed by atoms with Gasteiger partial charge in [-0.15, -0.1) is 0 Å². The third-order valence-electron chi connectivity index (χ3n) is 5.33. The van der Waals surface area contributed by atoms with Crippen molar-refractivity contribution < 1.29 is 23.8 Å². The molecule has 1 aliphatic rings. The second kappa shape index (κ2) is 8.43. The zero-order valence-corrected chi connectivity index (χ0v) is 18.5. The standard InChI is InChI=1S/C24H21ClN2O5/c1-26(2)14-6-8-15(9-7-14)27-21(19-5-4-12-32-19)20(23(29)24(27)30)22(28)17-13-16(31-3)10-11-18(17)25/h4-13,21,28H,1-3H3/b22-20-. The van der Waals surface area contributed by atoms with E-state index in [2.05, 4.69) is 0 Å². The van der Waals surface area contributed by atoms with Gasteiger partial charge >= 0.3 is 0 Å². The molecule has 1 fully saturated rings. The average molecular weight is 453 g/mol. The van der Waals surface area contributed by atoms with Gasteiger partial charge in [0.25, 0.3) is 11.7 Å². The number of ether oxygens (including phenoxy) is 1. The van der Waals surface area contributed by atoms with Crippen molar-refractivity contribution in [2.45, 2.75) is 6.04 Å². The van der Waals surface area contributed by atoms with Crippen LogP contribution in [-0.4, -0.2) is 38.0 Å². The van der Waals surface area contributed by atoms with Gasteiger partial charge in [-0.25, -0.2) is 0 Å². The van der Waals surface area contributed by atoms with Gasteiger partial charge in [0.2, 0.25) is 0 Å². The van der Waals surface area contributed by atoms with E-state index in [1.54, 1.807) is 36.4 Å². The molecule has 1 N–H and O–H groups in total. The molecule has 0 spiro atoms. The zero-order valence-electron chi connectivity index (χ0n) is 17.7. The van der Waals surface area contributed by atoms with Gasteiger partial charge in [-0.2, -0.15) is 0 Å². The van der Waals surface area contributed by atoms with Gasteiger partial charge in [0.15, 0.2) is 0 Å². The van der Waals surface area contributed by atoms with E-state index in [9.17, 15) is 14.7 Å². The van der Waals surface area contributed by atoms with Gasteiger partial charge < -0.3 is 19.2 Å². The van der Waals surface area contributed by atoms with E-state index in [4.69, 9.17) is 20.8 Å². The maximum atomic E-state index is 13.1. The van der Waals surface area contributed by atoms with E-state index in [1.807, 2.05) is 31.1 Å². The Morgan fingerprint density at radius 3 is 2.44 bits per heavy atom. The number of furan rings is 1. The highest BCUT2D eigenvalue weighted by Crippen LogP contribution is 2.43. The fraction of sp³-hybridized carbons (Fsp3) is 0.167. The number of rotatable bonds is 5. The topological polar surface area (TPSA) is 83.2 Å². The largest absolute Gasteiger partial charge is 0.507 e. The van der Waals surface area contributed by atoms with Crippen LogP contribution < -0.4 is 14.5 Å². The number of carbonyl (C=O) groups excluding carboxylic acids is 2. The van der Waals surface area contributed by atoms with E-state index >= 15 is 0 Å². The molecule has 0 bridgehead atoms. The van der Waals surface area contributed by atoms with Gasteiger partial charge in [-0.3, -0.25) is 14.5 Å². The van der Waals surface area contributed by atoms with Crippen molar-refractivity contribution in [1.82, 2.24) is 0 Å². The van der Waals surface area contributed by atoms with Crippen LogP contribution in [0.5, 0.6) is 5.75 Å². The molecule has 1 aromatic heterocycles. The third kappa shape index (κ3) is 3.61. The zero-order chi connectivity index (χ0) is 23.0. The lowest BCUT2D eigenvalue weighted by atomic mass is 9.99. The molecule has 0 radical (unpaired) electrons. The molecule has 1 amide bonds. The molecular weight excluding hydrogens is 432 g/mol. The van der Waals surface area contributed by atoms with Crippen LogP contribution in [0.3, 0.4) is 0 Å². The lowest BCUT2D eigenvalue weighted by molar-refractivity contribution is -0.132. The van der Waals surface area contributed by atoms with Crippen LogP contribution in [0.1, 0.15) is 17.4 Å². The number of nitrogens with zero attached hydrogens (tertiary/aromatic N) is 2. The average Bonchev–Trinajstić information content (AvgIpc) is 3.41. The molecule has 3 aromatic rings. The predicted octanol–water partition coefficient (Wildman–Crippen LogP) is 4.63. The molecule has 164 valence electrons. The molecule has 2 heterocycles. The van der Waals surface area contributed by atoms with E-state index in [-0.39, 0.29) is 16.2 Å². The fourth-order valence-electron chi connectivity index (χ4n) is 3.68. The summed E-state index contributed by atoms with van der Waals surface area (Å²) in [4.78, 5) is 29.5. The minimum atomic E-state index is -0.961. The second-order valence-corrected chi connectivity index (χ2v) is 7.85. The highest BCUT2D eigenvalue weighted by Gasteiger charge is 2.48.